The van der Waals surface area contributed by atoms with Gasteiger partial charge in [0.1, 0.15) is 0 Å². The van der Waals surface area contributed by atoms with Gasteiger partial charge < -0.3 is 4.74 Å². The Morgan fingerprint density at radius 3 is 1.31 bits per heavy atom. The summed E-state index contributed by atoms with van der Waals surface area (Å²) in [7, 11) is 0. The highest BCUT2D eigenvalue weighted by atomic mass is 19.4. The van der Waals surface area contributed by atoms with Crippen molar-refractivity contribution in [2.24, 2.45) is 0 Å². The molecule has 1 nitrogen and oxygen atoms in total. The molecule has 16 heteroatoms. The molecule has 0 radical (unpaired) electrons. The van der Waals surface area contributed by atoms with Gasteiger partial charge in [0, 0.05) is 6.42 Å². The van der Waals surface area contributed by atoms with Crippen molar-refractivity contribution in [1.82, 2.24) is 0 Å². The van der Waals surface area contributed by atoms with Crippen LogP contribution in [0.2, 0.25) is 0 Å². The van der Waals surface area contributed by atoms with E-state index < -0.39 is 61.8 Å². The van der Waals surface area contributed by atoms with E-state index in [2.05, 4.69) is 4.74 Å². The second-order valence-corrected chi connectivity index (χ2v) is 4.77. The molecule has 0 aromatic heterocycles. The molecule has 0 fully saturated rings. The topological polar surface area (TPSA) is 9.23 Å². The van der Waals surface area contributed by atoms with Crippen LogP contribution in [0.4, 0.5) is 65.9 Å². The van der Waals surface area contributed by atoms with Gasteiger partial charge in [-0.1, -0.05) is 0 Å². The first kappa shape index (κ1) is 24.9. The van der Waals surface area contributed by atoms with Gasteiger partial charge in [-0.15, -0.1) is 0 Å². The highest BCUT2D eigenvalue weighted by Gasteiger charge is 2.88. The van der Waals surface area contributed by atoms with E-state index in [0.717, 1.165) is 0 Å². The van der Waals surface area contributed by atoms with Crippen molar-refractivity contribution in [2.75, 3.05) is 6.61 Å². The van der Waals surface area contributed by atoms with Crippen molar-refractivity contribution in [3.05, 3.63) is 0 Å². The molecule has 0 spiro atoms. The molecule has 0 saturated heterocycles. The molecule has 0 N–H and O–H groups in total. The third-order valence-corrected chi connectivity index (χ3v) is 2.78. The average Bonchev–Trinajstić information content (AvgIpc) is 2.36. The molecule has 0 bridgehead atoms. The average molecular weight is 428 g/mol. The van der Waals surface area contributed by atoms with Gasteiger partial charge in [-0.2, -0.15) is 52.7 Å². The normalized spacial score (nSPS) is 18.6. The predicted octanol–water partition coefficient (Wildman–Crippen LogP) is 5.74. The number of hydrogen-bond donors (Lipinski definition) is 0. The van der Waals surface area contributed by atoms with E-state index in [1.165, 1.54) is 0 Å². The SMILES string of the molecule is FC(C(F)(F)F)C(F)(OCCCC(F)(F)F)C(F)(C(F)(F)F)C(F)(F)F. The number of ether oxygens (including phenoxy) is 1. The molecule has 0 saturated carbocycles. The Balaban J connectivity index is 6.07. The summed E-state index contributed by atoms with van der Waals surface area (Å²) in [5.41, 5.74) is -7.53. The van der Waals surface area contributed by atoms with E-state index >= 15 is 0 Å². The highest BCUT2D eigenvalue weighted by molar-refractivity contribution is 5.10. The second kappa shape index (κ2) is 7.14. The second-order valence-electron chi connectivity index (χ2n) is 4.77. The number of halogens is 15. The standard InChI is InChI=1S/C10H7F15O/c11-4(7(16,17)18)6(15,26-3-1-2-5(12,13)14)8(19,9(20,21)22)10(23,24)25/h4H,1-3H2. The van der Waals surface area contributed by atoms with Gasteiger partial charge >= 0.3 is 36.2 Å². The minimum Gasteiger partial charge on any atom is -0.340 e. The zero-order chi connectivity index (χ0) is 21.4. The van der Waals surface area contributed by atoms with Crippen LogP contribution in [0.25, 0.3) is 0 Å². The maximum absolute atomic E-state index is 13.9. The molecule has 0 aromatic carbocycles. The summed E-state index contributed by atoms with van der Waals surface area (Å²) in [6, 6.07) is 0. The molecule has 158 valence electrons. The van der Waals surface area contributed by atoms with E-state index in [-0.39, 0.29) is 0 Å². The summed E-state index contributed by atoms with van der Waals surface area (Å²) in [5, 5.41) is 0. The zero-order valence-electron chi connectivity index (χ0n) is 11.8. The molecular formula is C10H7F15O. The first-order valence-corrected chi connectivity index (χ1v) is 6.04. The Labute approximate surface area is 134 Å². The first-order chi connectivity index (χ1) is 11.1. The lowest BCUT2D eigenvalue weighted by atomic mass is 9.90. The smallest absolute Gasteiger partial charge is 0.340 e. The van der Waals surface area contributed by atoms with Crippen molar-refractivity contribution in [1.29, 1.82) is 0 Å². The van der Waals surface area contributed by atoms with Crippen LogP contribution in [-0.2, 0) is 4.74 Å². The van der Waals surface area contributed by atoms with E-state index in [4.69, 9.17) is 0 Å². The fraction of sp³-hybridized carbons (Fsp3) is 1.00. The van der Waals surface area contributed by atoms with Crippen molar-refractivity contribution >= 4 is 0 Å². The molecule has 0 aromatic rings. The Bertz CT molecular complexity index is 443. The van der Waals surface area contributed by atoms with E-state index in [9.17, 15) is 65.9 Å². The summed E-state index contributed by atoms with van der Waals surface area (Å²) in [4.78, 5) is 0. The molecule has 0 heterocycles. The number of hydrogen-bond acceptors (Lipinski definition) is 1. The lowest BCUT2D eigenvalue weighted by Gasteiger charge is -2.42. The van der Waals surface area contributed by atoms with Crippen LogP contribution >= 0.6 is 0 Å². The van der Waals surface area contributed by atoms with Crippen LogP contribution in [0.3, 0.4) is 0 Å². The molecule has 0 aliphatic heterocycles. The van der Waals surface area contributed by atoms with Gasteiger partial charge in [0.2, 0.25) is 0 Å². The summed E-state index contributed by atoms with van der Waals surface area (Å²) in [6.45, 7) is -2.23. The van der Waals surface area contributed by atoms with Crippen molar-refractivity contribution < 1.29 is 70.6 Å². The molecule has 2 unspecified atom stereocenters. The predicted molar refractivity (Wildman–Crippen MR) is 52.0 cm³/mol. The molecule has 26 heavy (non-hydrogen) atoms. The number of rotatable bonds is 6. The van der Waals surface area contributed by atoms with Crippen molar-refractivity contribution in [2.45, 2.75) is 55.2 Å². The van der Waals surface area contributed by atoms with Crippen molar-refractivity contribution in [3.63, 3.8) is 0 Å². The fourth-order valence-corrected chi connectivity index (χ4v) is 1.60. The summed E-state index contributed by atoms with van der Waals surface area (Å²) in [5.74, 6) is -6.78. The first-order valence-electron chi connectivity index (χ1n) is 6.04. The lowest BCUT2D eigenvalue weighted by Crippen LogP contribution is -2.72. The summed E-state index contributed by atoms with van der Waals surface area (Å²) >= 11 is 0. The monoisotopic (exact) mass is 428 g/mol. The van der Waals surface area contributed by atoms with Crippen LogP contribution in [0.5, 0.6) is 0 Å². The van der Waals surface area contributed by atoms with Crippen molar-refractivity contribution in [3.8, 4) is 0 Å². The quantitative estimate of drug-likeness (QED) is 0.387. The van der Waals surface area contributed by atoms with E-state index in [1.54, 1.807) is 0 Å². The largest absolute Gasteiger partial charge is 0.437 e. The molecule has 0 rings (SSSR count). The zero-order valence-corrected chi connectivity index (χ0v) is 11.8. The van der Waals surface area contributed by atoms with Gasteiger partial charge in [0.15, 0.2) is 0 Å². The van der Waals surface area contributed by atoms with Gasteiger partial charge in [0.05, 0.1) is 6.61 Å². The molecule has 2 atom stereocenters. The van der Waals surface area contributed by atoms with Crippen LogP contribution in [0, 0.1) is 0 Å². The third kappa shape index (κ3) is 5.00. The summed E-state index contributed by atoms with van der Waals surface area (Å²) in [6.07, 6.45) is -36.5. The third-order valence-electron chi connectivity index (χ3n) is 2.78. The minimum absolute atomic E-state index is 1.68. The lowest BCUT2D eigenvalue weighted by molar-refractivity contribution is -0.440. The fourth-order valence-electron chi connectivity index (χ4n) is 1.60. The Kier molecular flexibility index (Phi) is 6.85. The number of alkyl halides is 15. The van der Waals surface area contributed by atoms with Gasteiger partial charge in [-0.05, 0) is 6.42 Å². The molecule has 0 amide bonds. The van der Waals surface area contributed by atoms with Gasteiger partial charge in [-0.3, -0.25) is 0 Å². The molecular weight excluding hydrogens is 421 g/mol. The minimum atomic E-state index is -7.53. The van der Waals surface area contributed by atoms with Crippen LogP contribution in [0.15, 0.2) is 0 Å². The van der Waals surface area contributed by atoms with Crippen LogP contribution in [-0.4, -0.2) is 49.0 Å². The Morgan fingerprint density at radius 1 is 0.654 bits per heavy atom. The van der Waals surface area contributed by atoms with E-state index in [1.807, 2.05) is 0 Å². The van der Waals surface area contributed by atoms with Crippen LogP contribution in [0.1, 0.15) is 12.8 Å². The highest BCUT2D eigenvalue weighted by Crippen LogP contribution is 2.57. The van der Waals surface area contributed by atoms with E-state index in [0.29, 0.717) is 0 Å². The van der Waals surface area contributed by atoms with Crippen LogP contribution < -0.4 is 0 Å². The summed E-state index contributed by atoms with van der Waals surface area (Å²) < 4.78 is 190. The van der Waals surface area contributed by atoms with Gasteiger partial charge in [-0.25, -0.2) is 13.2 Å². The Hall–Kier alpha value is -1.09. The Morgan fingerprint density at radius 2 is 1.04 bits per heavy atom. The maximum Gasteiger partial charge on any atom is 0.437 e. The molecule has 0 aliphatic carbocycles. The molecule has 0 aliphatic rings. The maximum atomic E-state index is 13.9. The van der Waals surface area contributed by atoms with Gasteiger partial charge in [0.25, 0.3) is 6.17 Å².